The number of nitrogens with zero attached hydrogens (tertiary/aromatic N) is 3. The maximum atomic E-state index is 12.6. The highest BCUT2D eigenvalue weighted by Gasteiger charge is 2.39. The molecule has 1 N–H and O–H groups in total. The predicted molar refractivity (Wildman–Crippen MR) is 68.3 cm³/mol. The molecule has 0 aliphatic heterocycles. The van der Waals surface area contributed by atoms with Gasteiger partial charge in [-0.1, -0.05) is 0 Å². The fourth-order valence-corrected chi connectivity index (χ4v) is 2.08. The molecule has 2 fully saturated rings. The lowest BCUT2D eigenvalue weighted by molar-refractivity contribution is -0.120. The minimum Gasteiger partial charge on any atom is -0.329 e. The average Bonchev–Trinajstić information content (AvgIpc) is 3.27. The van der Waals surface area contributed by atoms with Crippen LogP contribution in [0.3, 0.4) is 0 Å². The number of halogens is 3. The zero-order valence-electron chi connectivity index (χ0n) is 11.0. The number of alkyl halides is 3. The van der Waals surface area contributed by atoms with Crippen LogP contribution in [0, 0.1) is 0 Å². The van der Waals surface area contributed by atoms with Crippen LogP contribution in [0.25, 0.3) is 0 Å². The first-order valence-corrected chi connectivity index (χ1v) is 6.89. The van der Waals surface area contributed by atoms with Crippen LogP contribution in [0.4, 0.5) is 19.1 Å². The zero-order valence-corrected chi connectivity index (χ0v) is 11.0. The Bertz CT molecular complexity index is 452. The lowest BCUT2D eigenvalue weighted by Gasteiger charge is -2.23. The summed E-state index contributed by atoms with van der Waals surface area (Å²) in [6, 6.07) is 0.523. The van der Waals surface area contributed by atoms with E-state index in [4.69, 9.17) is 0 Å². The summed E-state index contributed by atoms with van der Waals surface area (Å²) < 4.78 is 37.7. The van der Waals surface area contributed by atoms with E-state index in [2.05, 4.69) is 15.3 Å². The lowest BCUT2D eigenvalue weighted by atomic mass is 10.3. The van der Waals surface area contributed by atoms with Crippen LogP contribution in [0.15, 0.2) is 12.4 Å². The Labute approximate surface area is 115 Å². The third-order valence-electron chi connectivity index (χ3n) is 3.46. The minimum atomic E-state index is -4.22. The predicted octanol–water partition coefficient (Wildman–Crippen LogP) is 2.26. The van der Waals surface area contributed by atoms with E-state index in [1.807, 2.05) is 0 Å². The standard InChI is InChI=1S/C13H17F3N4/c14-13(15,16)8-20(11-3-4-11)12-18-6-9(7-19-12)5-17-10-1-2-10/h6-7,10-11,17H,1-5,8H2. The van der Waals surface area contributed by atoms with E-state index in [0.29, 0.717) is 12.6 Å². The highest BCUT2D eigenvalue weighted by Crippen LogP contribution is 2.32. The molecule has 0 saturated heterocycles. The van der Waals surface area contributed by atoms with Crippen molar-refractivity contribution in [3.05, 3.63) is 18.0 Å². The van der Waals surface area contributed by atoms with Gasteiger partial charge in [-0.15, -0.1) is 0 Å². The first-order valence-electron chi connectivity index (χ1n) is 6.89. The zero-order chi connectivity index (χ0) is 14.2. The van der Waals surface area contributed by atoms with Crippen LogP contribution in [0.2, 0.25) is 0 Å². The van der Waals surface area contributed by atoms with E-state index >= 15 is 0 Å². The first kappa shape index (κ1) is 13.6. The van der Waals surface area contributed by atoms with Gasteiger partial charge in [0, 0.05) is 36.6 Å². The van der Waals surface area contributed by atoms with Crippen LogP contribution in [0.1, 0.15) is 31.2 Å². The summed E-state index contributed by atoms with van der Waals surface area (Å²) in [5, 5.41) is 3.32. The Kier molecular flexibility index (Phi) is 3.54. The average molecular weight is 286 g/mol. The molecule has 2 aliphatic rings. The van der Waals surface area contributed by atoms with Gasteiger partial charge in [0.1, 0.15) is 6.54 Å². The Morgan fingerprint density at radius 1 is 1.15 bits per heavy atom. The Morgan fingerprint density at radius 3 is 2.30 bits per heavy atom. The van der Waals surface area contributed by atoms with Crippen molar-refractivity contribution >= 4 is 5.95 Å². The maximum Gasteiger partial charge on any atom is 0.406 e. The highest BCUT2D eigenvalue weighted by atomic mass is 19.4. The van der Waals surface area contributed by atoms with Gasteiger partial charge in [-0.3, -0.25) is 0 Å². The van der Waals surface area contributed by atoms with Crippen LogP contribution in [-0.4, -0.2) is 34.8 Å². The van der Waals surface area contributed by atoms with Crippen LogP contribution in [0.5, 0.6) is 0 Å². The van der Waals surface area contributed by atoms with Crippen molar-refractivity contribution in [1.29, 1.82) is 0 Å². The molecule has 2 saturated carbocycles. The monoisotopic (exact) mass is 286 g/mol. The van der Waals surface area contributed by atoms with Gasteiger partial charge in [0.25, 0.3) is 0 Å². The summed E-state index contributed by atoms with van der Waals surface area (Å²) in [4.78, 5) is 9.46. The van der Waals surface area contributed by atoms with E-state index in [0.717, 1.165) is 18.4 Å². The van der Waals surface area contributed by atoms with Gasteiger partial charge in [0.15, 0.2) is 0 Å². The van der Waals surface area contributed by atoms with E-state index < -0.39 is 12.7 Å². The van der Waals surface area contributed by atoms with Gasteiger partial charge in [-0.25, -0.2) is 9.97 Å². The van der Waals surface area contributed by atoms with Gasteiger partial charge < -0.3 is 10.2 Å². The second-order valence-corrected chi connectivity index (χ2v) is 5.52. The number of hydrogen-bond acceptors (Lipinski definition) is 4. The molecule has 0 aromatic carbocycles. The van der Waals surface area contributed by atoms with Crippen molar-refractivity contribution in [2.45, 2.75) is 50.5 Å². The summed E-state index contributed by atoms with van der Waals surface area (Å²) >= 11 is 0. The lowest BCUT2D eigenvalue weighted by Crippen LogP contribution is -2.37. The molecule has 1 aromatic heterocycles. The number of hydrogen-bond donors (Lipinski definition) is 1. The molecule has 0 amide bonds. The molecule has 20 heavy (non-hydrogen) atoms. The summed E-state index contributed by atoms with van der Waals surface area (Å²) in [5.41, 5.74) is 0.906. The van der Waals surface area contributed by atoms with E-state index in [9.17, 15) is 13.2 Å². The van der Waals surface area contributed by atoms with Gasteiger partial charge in [-0.05, 0) is 25.7 Å². The second kappa shape index (κ2) is 5.20. The van der Waals surface area contributed by atoms with Crippen molar-refractivity contribution in [2.75, 3.05) is 11.4 Å². The Morgan fingerprint density at radius 2 is 1.80 bits per heavy atom. The van der Waals surface area contributed by atoms with Crippen LogP contribution in [-0.2, 0) is 6.54 Å². The summed E-state index contributed by atoms with van der Waals surface area (Å²) in [7, 11) is 0. The fourth-order valence-electron chi connectivity index (χ4n) is 2.08. The fraction of sp³-hybridized carbons (Fsp3) is 0.692. The van der Waals surface area contributed by atoms with Crippen molar-refractivity contribution in [1.82, 2.24) is 15.3 Å². The van der Waals surface area contributed by atoms with Crippen molar-refractivity contribution < 1.29 is 13.2 Å². The van der Waals surface area contributed by atoms with Crippen LogP contribution < -0.4 is 10.2 Å². The molecule has 1 heterocycles. The molecule has 3 rings (SSSR count). The topological polar surface area (TPSA) is 41.1 Å². The van der Waals surface area contributed by atoms with Gasteiger partial charge in [0.2, 0.25) is 5.95 Å². The molecule has 0 unspecified atom stereocenters. The maximum absolute atomic E-state index is 12.6. The minimum absolute atomic E-state index is 0.0629. The normalized spacial score (nSPS) is 19.1. The number of aromatic nitrogens is 2. The van der Waals surface area contributed by atoms with E-state index in [1.165, 1.54) is 17.7 Å². The third kappa shape index (κ3) is 3.82. The molecule has 0 bridgehead atoms. The molecular formula is C13H17F3N4. The van der Waals surface area contributed by atoms with Crippen molar-refractivity contribution in [3.63, 3.8) is 0 Å². The van der Waals surface area contributed by atoms with Gasteiger partial charge >= 0.3 is 6.18 Å². The summed E-state index contributed by atoms with van der Waals surface area (Å²) in [6.07, 6.45) is 2.96. The number of rotatable bonds is 6. The Balaban J connectivity index is 1.64. The highest BCUT2D eigenvalue weighted by molar-refractivity contribution is 5.34. The molecular weight excluding hydrogens is 269 g/mol. The van der Waals surface area contributed by atoms with Gasteiger partial charge in [-0.2, -0.15) is 13.2 Å². The Hall–Kier alpha value is -1.37. The number of anilines is 1. The quantitative estimate of drug-likeness (QED) is 0.871. The molecule has 0 radical (unpaired) electrons. The number of nitrogens with one attached hydrogen (secondary N) is 1. The largest absolute Gasteiger partial charge is 0.406 e. The van der Waals surface area contributed by atoms with Crippen molar-refractivity contribution in [3.8, 4) is 0 Å². The second-order valence-electron chi connectivity index (χ2n) is 5.52. The summed E-state index contributed by atoms with van der Waals surface area (Å²) in [6.45, 7) is -0.301. The SMILES string of the molecule is FC(F)(F)CN(c1ncc(CNC2CC2)cn1)C1CC1. The van der Waals surface area contributed by atoms with E-state index in [1.54, 1.807) is 12.4 Å². The molecule has 0 spiro atoms. The van der Waals surface area contributed by atoms with Gasteiger partial charge in [0.05, 0.1) is 0 Å². The summed E-state index contributed by atoms with van der Waals surface area (Å²) in [5.74, 6) is 0.181. The third-order valence-corrected chi connectivity index (χ3v) is 3.46. The smallest absolute Gasteiger partial charge is 0.329 e. The molecule has 110 valence electrons. The molecule has 0 atom stereocenters. The molecule has 2 aliphatic carbocycles. The van der Waals surface area contributed by atoms with Crippen LogP contribution >= 0.6 is 0 Å². The van der Waals surface area contributed by atoms with Crippen molar-refractivity contribution in [2.24, 2.45) is 0 Å². The molecule has 7 heteroatoms. The first-order chi connectivity index (χ1) is 9.51. The molecule has 4 nitrogen and oxygen atoms in total. The molecule has 1 aromatic rings. The van der Waals surface area contributed by atoms with E-state index in [-0.39, 0.29) is 12.0 Å².